The van der Waals surface area contributed by atoms with E-state index in [1.807, 2.05) is 0 Å². The summed E-state index contributed by atoms with van der Waals surface area (Å²) in [7, 11) is 0. The second-order valence-corrected chi connectivity index (χ2v) is 3.08. The van der Waals surface area contributed by atoms with Crippen molar-refractivity contribution >= 4 is 5.97 Å². The average Bonchev–Trinajstić information content (AvgIpc) is 1.97. The third-order valence-electron chi connectivity index (χ3n) is 1.79. The van der Waals surface area contributed by atoms with Crippen molar-refractivity contribution in [3.05, 3.63) is 0 Å². The zero-order valence-electron chi connectivity index (χ0n) is 7.58. The number of carbonyl (C=O) groups excluding carboxylic acids is 1. The minimum Gasteiger partial charge on any atom is -0.550 e. The fraction of sp³-hybridized carbons (Fsp3) is 0.889. The predicted octanol–water partition coefficient (Wildman–Crippen LogP) is 0.458. The Morgan fingerprint density at radius 3 is 2.58 bits per heavy atom. The molecule has 12 heavy (non-hydrogen) atoms. The molecule has 0 saturated heterocycles. The molecule has 0 fully saturated rings. The zero-order chi connectivity index (χ0) is 9.40. The number of aliphatic carboxylic acids is 1. The van der Waals surface area contributed by atoms with Gasteiger partial charge in [-0.25, -0.2) is 0 Å². The van der Waals surface area contributed by atoms with Gasteiger partial charge >= 0.3 is 0 Å². The molecule has 0 aliphatic carbocycles. The van der Waals surface area contributed by atoms with Crippen LogP contribution in [0.2, 0.25) is 0 Å². The molecule has 0 spiro atoms. The molecule has 0 aromatic heterocycles. The largest absolute Gasteiger partial charge is 0.550 e. The molecule has 1 N–H and O–H groups in total. The molecule has 3 nitrogen and oxygen atoms in total. The lowest BCUT2D eigenvalue weighted by atomic mass is 10.1. The van der Waals surface area contributed by atoms with Crippen LogP contribution >= 0.6 is 0 Å². The van der Waals surface area contributed by atoms with Crippen LogP contribution in [-0.2, 0) is 4.79 Å². The van der Waals surface area contributed by atoms with E-state index in [0.717, 1.165) is 25.7 Å². The van der Waals surface area contributed by atoms with E-state index in [2.05, 4.69) is 6.92 Å². The number of rotatable bonds is 7. The van der Waals surface area contributed by atoms with Crippen molar-refractivity contribution < 1.29 is 15.0 Å². The maximum absolute atomic E-state index is 10.0. The molecule has 0 aromatic rings. The lowest BCUT2D eigenvalue weighted by Crippen LogP contribution is -2.27. The first-order chi connectivity index (χ1) is 5.66. The fourth-order valence-electron chi connectivity index (χ4n) is 1.10. The predicted molar refractivity (Wildman–Crippen MR) is 44.4 cm³/mol. The number of aliphatic hydroxyl groups is 1. The highest BCUT2D eigenvalue weighted by Crippen LogP contribution is 2.07. The first-order valence-electron chi connectivity index (χ1n) is 4.54. The van der Waals surface area contributed by atoms with Crippen LogP contribution in [0.5, 0.6) is 0 Å². The Balaban J connectivity index is 3.19. The van der Waals surface area contributed by atoms with Gasteiger partial charge in [-0.1, -0.05) is 32.6 Å². The highest BCUT2D eigenvalue weighted by Gasteiger charge is 2.02. The molecule has 0 rings (SSSR count). The molecule has 0 unspecified atom stereocenters. The summed E-state index contributed by atoms with van der Waals surface area (Å²) in [6.07, 6.45) is 3.91. The molecule has 0 bridgehead atoms. The molecule has 0 amide bonds. The van der Waals surface area contributed by atoms with E-state index in [1.165, 1.54) is 0 Å². The Bertz CT molecular complexity index is 123. The number of carboxylic acids is 1. The fourth-order valence-corrected chi connectivity index (χ4v) is 1.10. The molecule has 0 radical (unpaired) electrons. The molecule has 1 atom stereocenters. The SMILES string of the molecule is CCCCCC[C@H](O)CC(=O)[O-]. The highest BCUT2D eigenvalue weighted by molar-refractivity contribution is 5.64. The van der Waals surface area contributed by atoms with Gasteiger partial charge in [-0.3, -0.25) is 0 Å². The molecule has 0 aliphatic heterocycles. The van der Waals surface area contributed by atoms with E-state index < -0.39 is 12.1 Å². The summed E-state index contributed by atoms with van der Waals surface area (Å²) in [4.78, 5) is 10.0. The topological polar surface area (TPSA) is 60.4 Å². The molecular weight excluding hydrogens is 156 g/mol. The average molecular weight is 173 g/mol. The third-order valence-corrected chi connectivity index (χ3v) is 1.79. The molecule has 0 heterocycles. The van der Waals surface area contributed by atoms with Gasteiger partial charge in [0, 0.05) is 12.4 Å². The van der Waals surface area contributed by atoms with Crippen molar-refractivity contribution in [2.45, 2.75) is 51.6 Å². The molecule has 0 saturated carbocycles. The standard InChI is InChI=1S/C9H18O3/c1-2-3-4-5-6-8(10)7-9(11)12/h8,10H,2-7H2,1H3,(H,11,12)/p-1/t8-/m0/s1. The minimum absolute atomic E-state index is 0.230. The normalized spacial score (nSPS) is 12.8. The summed E-state index contributed by atoms with van der Waals surface area (Å²) >= 11 is 0. The van der Waals surface area contributed by atoms with Gasteiger partial charge in [0.25, 0.3) is 0 Å². The first kappa shape index (κ1) is 11.4. The molecule has 72 valence electrons. The zero-order valence-corrected chi connectivity index (χ0v) is 7.58. The van der Waals surface area contributed by atoms with E-state index in [0.29, 0.717) is 6.42 Å². The summed E-state index contributed by atoms with van der Waals surface area (Å²) in [5.41, 5.74) is 0. The van der Waals surface area contributed by atoms with Crippen molar-refractivity contribution in [1.82, 2.24) is 0 Å². The highest BCUT2D eigenvalue weighted by atomic mass is 16.4. The maximum Gasteiger partial charge on any atom is 0.0592 e. The Labute approximate surface area is 73.4 Å². The van der Waals surface area contributed by atoms with Crippen molar-refractivity contribution in [2.24, 2.45) is 0 Å². The van der Waals surface area contributed by atoms with Gasteiger partial charge < -0.3 is 15.0 Å². The van der Waals surface area contributed by atoms with Crippen LogP contribution in [-0.4, -0.2) is 17.2 Å². The Morgan fingerprint density at radius 1 is 1.42 bits per heavy atom. The second kappa shape index (κ2) is 7.10. The van der Waals surface area contributed by atoms with Crippen molar-refractivity contribution in [1.29, 1.82) is 0 Å². The van der Waals surface area contributed by atoms with Gasteiger partial charge in [0.1, 0.15) is 0 Å². The van der Waals surface area contributed by atoms with Crippen LogP contribution in [0.3, 0.4) is 0 Å². The van der Waals surface area contributed by atoms with Crippen LogP contribution in [0, 0.1) is 0 Å². The Kier molecular flexibility index (Phi) is 6.76. The van der Waals surface area contributed by atoms with Crippen LogP contribution in [0.4, 0.5) is 0 Å². The lowest BCUT2D eigenvalue weighted by Gasteiger charge is -2.10. The second-order valence-electron chi connectivity index (χ2n) is 3.08. The minimum atomic E-state index is -1.17. The quantitative estimate of drug-likeness (QED) is 0.569. The van der Waals surface area contributed by atoms with E-state index in [9.17, 15) is 9.90 Å². The first-order valence-corrected chi connectivity index (χ1v) is 4.54. The van der Waals surface area contributed by atoms with Crippen molar-refractivity contribution in [2.75, 3.05) is 0 Å². The van der Waals surface area contributed by atoms with Crippen LogP contribution in [0.15, 0.2) is 0 Å². The number of hydrogen-bond donors (Lipinski definition) is 1. The van der Waals surface area contributed by atoms with Crippen molar-refractivity contribution in [3.63, 3.8) is 0 Å². The van der Waals surface area contributed by atoms with Crippen LogP contribution in [0.1, 0.15) is 45.4 Å². The Morgan fingerprint density at radius 2 is 2.08 bits per heavy atom. The van der Waals surface area contributed by atoms with E-state index in [-0.39, 0.29) is 6.42 Å². The van der Waals surface area contributed by atoms with Gasteiger partial charge in [0.05, 0.1) is 6.10 Å². The van der Waals surface area contributed by atoms with Gasteiger partial charge in [-0.15, -0.1) is 0 Å². The lowest BCUT2D eigenvalue weighted by molar-refractivity contribution is -0.307. The van der Waals surface area contributed by atoms with Crippen LogP contribution < -0.4 is 5.11 Å². The van der Waals surface area contributed by atoms with Crippen LogP contribution in [0.25, 0.3) is 0 Å². The van der Waals surface area contributed by atoms with Gasteiger partial charge in [-0.05, 0) is 6.42 Å². The van der Waals surface area contributed by atoms with E-state index in [4.69, 9.17) is 5.11 Å². The van der Waals surface area contributed by atoms with Crippen molar-refractivity contribution in [3.8, 4) is 0 Å². The summed E-state index contributed by atoms with van der Waals surface area (Å²) in [6.45, 7) is 2.11. The summed E-state index contributed by atoms with van der Waals surface area (Å²) in [5, 5.41) is 19.1. The third kappa shape index (κ3) is 7.54. The smallest absolute Gasteiger partial charge is 0.0592 e. The number of carbonyl (C=O) groups is 1. The van der Waals surface area contributed by atoms with Gasteiger partial charge in [-0.2, -0.15) is 0 Å². The number of hydrogen-bond acceptors (Lipinski definition) is 3. The number of carboxylic acid groups (broad SMARTS) is 1. The van der Waals surface area contributed by atoms with E-state index >= 15 is 0 Å². The van der Waals surface area contributed by atoms with Gasteiger partial charge in [0.15, 0.2) is 0 Å². The number of aliphatic hydroxyl groups excluding tert-OH is 1. The monoisotopic (exact) mass is 173 g/mol. The molecule has 3 heteroatoms. The summed E-state index contributed by atoms with van der Waals surface area (Å²) in [5.74, 6) is -1.17. The molecule has 0 aromatic carbocycles. The summed E-state index contributed by atoms with van der Waals surface area (Å²) < 4.78 is 0. The maximum atomic E-state index is 10.0. The summed E-state index contributed by atoms with van der Waals surface area (Å²) in [6, 6.07) is 0. The van der Waals surface area contributed by atoms with E-state index in [1.54, 1.807) is 0 Å². The molecule has 0 aliphatic rings. The molecular formula is C9H17O3-. The Hall–Kier alpha value is -0.570. The number of unbranched alkanes of at least 4 members (excludes halogenated alkanes) is 3. The van der Waals surface area contributed by atoms with Gasteiger partial charge in [0.2, 0.25) is 0 Å².